The third-order valence-electron chi connectivity index (χ3n) is 3.65. The van der Waals surface area contributed by atoms with Gasteiger partial charge in [0.25, 0.3) is 0 Å². The quantitative estimate of drug-likeness (QED) is 0.862. The van der Waals surface area contributed by atoms with Gasteiger partial charge in [-0.05, 0) is 31.6 Å². The molecular weight excluding hydrogens is 224 g/mol. The van der Waals surface area contributed by atoms with Crippen molar-refractivity contribution in [1.82, 2.24) is 9.97 Å². The van der Waals surface area contributed by atoms with Crippen LogP contribution in [0.4, 0.5) is 11.6 Å². The molecule has 1 aliphatic rings. The van der Waals surface area contributed by atoms with Crippen molar-refractivity contribution < 1.29 is 0 Å². The van der Waals surface area contributed by atoms with Gasteiger partial charge in [0.2, 0.25) is 0 Å². The van der Waals surface area contributed by atoms with Crippen LogP contribution in [0.25, 0.3) is 0 Å². The van der Waals surface area contributed by atoms with Crippen LogP contribution < -0.4 is 10.6 Å². The topological polar surface area (TPSA) is 49.8 Å². The molecule has 1 aromatic rings. The van der Waals surface area contributed by atoms with Crippen LogP contribution in [0.2, 0.25) is 0 Å². The van der Waals surface area contributed by atoms with E-state index in [9.17, 15) is 0 Å². The molecule has 4 heteroatoms. The lowest BCUT2D eigenvalue weighted by molar-refractivity contribution is 0.229. The minimum absolute atomic E-state index is 0.448. The highest BCUT2D eigenvalue weighted by Crippen LogP contribution is 2.36. The summed E-state index contributed by atoms with van der Waals surface area (Å²) in [4.78, 5) is 8.77. The zero-order chi connectivity index (χ0) is 13.2. The zero-order valence-electron chi connectivity index (χ0n) is 11.9. The normalized spacial score (nSPS) is 22.6. The van der Waals surface area contributed by atoms with Crippen LogP contribution in [0.5, 0.6) is 0 Å². The van der Waals surface area contributed by atoms with E-state index in [1.54, 1.807) is 0 Å². The molecule has 1 aromatic heterocycles. The number of hydrogen-bond donors (Lipinski definition) is 2. The molecule has 2 N–H and O–H groups in total. The minimum Gasteiger partial charge on any atom is -0.373 e. The number of nitrogens with zero attached hydrogens (tertiary/aromatic N) is 2. The van der Waals surface area contributed by atoms with Gasteiger partial charge >= 0.3 is 0 Å². The van der Waals surface area contributed by atoms with Crippen LogP contribution >= 0.6 is 0 Å². The SMILES string of the molecule is CNc1cc(NC2CCCC(C)(C)C2)nc(C)n1. The van der Waals surface area contributed by atoms with Crippen molar-refractivity contribution in [2.75, 3.05) is 17.7 Å². The number of aromatic nitrogens is 2. The molecule has 0 radical (unpaired) electrons. The van der Waals surface area contributed by atoms with Crippen LogP contribution in [-0.2, 0) is 0 Å². The fraction of sp³-hybridized carbons (Fsp3) is 0.714. The molecule has 0 bridgehead atoms. The van der Waals surface area contributed by atoms with Gasteiger partial charge in [0.05, 0.1) is 0 Å². The molecule has 100 valence electrons. The fourth-order valence-corrected chi connectivity index (χ4v) is 2.80. The number of anilines is 2. The first-order valence-corrected chi connectivity index (χ1v) is 6.78. The van der Waals surface area contributed by atoms with Gasteiger partial charge in [0, 0.05) is 19.2 Å². The standard InChI is InChI=1S/C14H24N4/c1-10-16-12(15-4)8-13(17-10)18-11-6-5-7-14(2,3)9-11/h8,11H,5-7,9H2,1-4H3,(H2,15,16,17,18). The van der Waals surface area contributed by atoms with Gasteiger partial charge in [-0.25, -0.2) is 9.97 Å². The van der Waals surface area contributed by atoms with Crippen molar-refractivity contribution in [2.45, 2.75) is 52.5 Å². The van der Waals surface area contributed by atoms with Gasteiger partial charge in [-0.3, -0.25) is 0 Å². The van der Waals surface area contributed by atoms with E-state index in [4.69, 9.17) is 0 Å². The molecule has 0 aliphatic heterocycles. The van der Waals surface area contributed by atoms with Gasteiger partial charge in [0.15, 0.2) is 0 Å². The maximum Gasteiger partial charge on any atom is 0.132 e. The summed E-state index contributed by atoms with van der Waals surface area (Å²) in [6.45, 7) is 6.63. The largest absolute Gasteiger partial charge is 0.373 e. The second-order valence-corrected chi connectivity index (χ2v) is 6.04. The monoisotopic (exact) mass is 248 g/mol. The van der Waals surface area contributed by atoms with E-state index in [1.807, 2.05) is 20.0 Å². The first-order chi connectivity index (χ1) is 8.48. The van der Waals surface area contributed by atoms with Gasteiger partial charge in [-0.2, -0.15) is 0 Å². The maximum absolute atomic E-state index is 4.46. The second kappa shape index (κ2) is 5.12. The summed E-state index contributed by atoms with van der Waals surface area (Å²) in [5, 5.41) is 6.63. The van der Waals surface area contributed by atoms with Crippen molar-refractivity contribution in [3.05, 3.63) is 11.9 Å². The van der Waals surface area contributed by atoms with Crippen molar-refractivity contribution in [1.29, 1.82) is 0 Å². The Morgan fingerprint density at radius 3 is 2.67 bits per heavy atom. The molecule has 0 spiro atoms. The Morgan fingerprint density at radius 1 is 1.28 bits per heavy atom. The van der Waals surface area contributed by atoms with E-state index in [-0.39, 0.29) is 0 Å². The van der Waals surface area contributed by atoms with E-state index in [2.05, 4.69) is 34.4 Å². The molecule has 0 saturated heterocycles. The lowest BCUT2D eigenvalue weighted by Gasteiger charge is -2.35. The van der Waals surface area contributed by atoms with Crippen LogP contribution in [-0.4, -0.2) is 23.1 Å². The first kappa shape index (κ1) is 13.1. The minimum atomic E-state index is 0.448. The molecule has 1 fully saturated rings. The lowest BCUT2D eigenvalue weighted by atomic mass is 9.75. The second-order valence-electron chi connectivity index (χ2n) is 6.04. The zero-order valence-corrected chi connectivity index (χ0v) is 11.9. The van der Waals surface area contributed by atoms with Gasteiger partial charge in [-0.1, -0.05) is 20.3 Å². The van der Waals surface area contributed by atoms with Crippen molar-refractivity contribution in [3.63, 3.8) is 0 Å². The highest BCUT2D eigenvalue weighted by Gasteiger charge is 2.28. The third kappa shape index (κ3) is 3.34. The van der Waals surface area contributed by atoms with Crippen LogP contribution in [0.3, 0.4) is 0 Å². The number of aryl methyl sites for hydroxylation is 1. The van der Waals surface area contributed by atoms with Gasteiger partial charge < -0.3 is 10.6 Å². The summed E-state index contributed by atoms with van der Waals surface area (Å²) in [5.74, 6) is 2.62. The van der Waals surface area contributed by atoms with E-state index < -0.39 is 0 Å². The Balaban J connectivity index is 2.07. The maximum atomic E-state index is 4.46. The predicted octanol–water partition coefficient (Wildman–Crippen LogP) is 3.21. The Kier molecular flexibility index (Phi) is 3.73. The van der Waals surface area contributed by atoms with Gasteiger partial charge in [-0.15, -0.1) is 0 Å². The average Bonchev–Trinajstić information content (AvgIpc) is 2.26. The molecule has 1 atom stereocenters. The Bertz CT molecular complexity index is 414. The summed E-state index contributed by atoms with van der Waals surface area (Å²) in [6, 6.07) is 2.52. The molecule has 1 heterocycles. The lowest BCUT2D eigenvalue weighted by Crippen LogP contribution is -2.32. The predicted molar refractivity (Wildman–Crippen MR) is 76.0 cm³/mol. The summed E-state index contributed by atoms with van der Waals surface area (Å²) in [7, 11) is 1.88. The first-order valence-electron chi connectivity index (χ1n) is 6.78. The molecule has 2 rings (SSSR count). The van der Waals surface area contributed by atoms with Crippen LogP contribution in [0.1, 0.15) is 45.4 Å². The Morgan fingerprint density at radius 2 is 2.00 bits per heavy atom. The molecule has 18 heavy (non-hydrogen) atoms. The van der Waals surface area contributed by atoms with E-state index in [0.717, 1.165) is 17.5 Å². The summed E-state index contributed by atoms with van der Waals surface area (Å²) >= 11 is 0. The number of nitrogens with one attached hydrogen (secondary N) is 2. The van der Waals surface area contributed by atoms with Gasteiger partial charge in [0.1, 0.15) is 17.5 Å². The highest BCUT2D eigenvalue weighted by atomic mass is 15.1. The molecular formula is C14H24N4. The van der Waals surface area contributed by atoms with Crippen molar-refractivity contribution >= 4 is 11.6 Å². The highest BCUT2D eigenvalue weighted by molar-refractivity contribution is 5.47. The summed E-state index contributed by atoms with van der Waals surface area (Å²) in [6.07, 6.45) is 5.08. The molecule has 4 nitrogen and oxygen atoms in total. The third-order valence-corrected chi connectivity index (χ3v) is 3.65. The van der Waals surface area contributed by atoms with Crippen LogP contribution in [0.15, 0.2) is 6.07 Å². The average molecular weight is 248 g/mol. The fourth-order valence-electron chi connectivity index (χ4n) is 2.80. The Hall–Kier alpha value is -1.32. The molecule has 1 aliphatic carbocycles. The summed E-state index contributed by atoms with van der Waals surface area (Å²) < 4.78 is 0. The smallest absolute Gasteiger partial charge is 0.132 e. The van der Waals surface area contributed by atoms with E-state index in [0.29, 0.717) is 11.5 Å². The van der Waals surface area contributed by atoms with Crippen LogP contribution in [0, 0.1) is 12.3 Å². The number of rotatable bonds is 3. The van der Waals surface area contributed by atoms with Crippen molar-refractivity contribution in [3.8, 4) is 0 Å². The van der Waals surface area contributed by atoms with Crippen molar-refractivity contribution in [2.24, 2.45) is 5.41 Å². The van der Waals surface area contributed by atoms with E-state index in [1.165, 1.54) is 25.7 Å². The van der Waals surface area contributed by atoms with E-state index >= 15 is 0 Å². The molecule has 1 saturated carbocycles. The Labute approximate surface area is 110 Å². The number of hydrogen-bond acceptors (Lipinski definition) is 4. The molecule has 1 unspecified atom stereocenters. The summed E-state index contributed by atoms with van der Waals surface area (Å²) in [5.41, 5.74) is 0.448. The molecule has 0 aromatic carbocycles. The molecule has 0 amide bonds.